The Balaban J connectivity index is 2.98. The van der Waals surface area contributed by atoms with Crippen molar-refractivity contribution in [2.75, 3.05) is 5.32 Å². The lowest BCUT2D eigenvalue weighted by molar-refractivity contribution is -0.137. The van der Waals surface area contributed by atoms with Crippen LogP contribution in [0.5, 0.6) is 0 Å². The van der Waals surface area contributed by atoms with Crippen LogP contribution in [0.4, 0.5) is 18.9 Å². The molecule has 1 amide bonds. The normalized spacial score (nSPS) is 11.5. The maximum Gasteiger partial charge on any atom is 0.416 e. The van der Waals surface area contributed by atoms with E-state index in [-0.39, 0.29) is 18.0 Å². The topological polar surface area (TPSA) is 66.4 Å². The van der Waals surface area contributed by atoms with Crippen molar-refractivity contribution in [1.82, 2.24) is 0 Å². The molecule has 7 heteroatoms. The summed E-state index contributed by atoms with van der Waals surface area (Å²) in [6.45, 7) is 3.83. The Labute approximate surface area is 120 Å². The van der Waals surface area contributed by atoms with Gasteiger partial charge in [-0.25, -0.2) is 4.79 Å². The van der Waals surface area contributed by atoms with Gasteiger partial charge in [0.1, 0.15) is 0 Å². The molecular formula is C14H16F3NO3. The van der Waals surface area contributed by atoms with Crippen molar-refractivity contribution in [2.24, 2.45) is 5.92 Å². The Kier molecular flexibility index (Phi) is 5.34. The molecule has 0 radical (unpaired) electrons. The fourth-order valence-electron chi connectivity index (χ4n) is 1.63. The number of hydrogen-bond acceptors (Lipinski definition) is 2. The van der Waals surface area contributed by atoms with Crippen molar-refractivity contribution in [3.05, 3.63) is 29.3 Å². The second-order valence-electron chi connectivity index (χ2n) is 5.08. The minimum absolute atomic E-state index is 0.163. The number of aromatic carboxylic acids is 1. The molecular weight excluding hydrogens is 287 g/mol. The van der Waals surface area contributed by atoms with Gasteiger partial charge in [0.25, 0.3) is 0 Å². The summed E-state index contributed by atoms with van der Waals surface area (Å²) in [7, 11) is 0. The fourth-order valence-corrected chi connectivity index (χ4v) is 1.63. The number of carbonyl (C=O) groups excluding carboxylic acids is 1. The van der Waals surface area contributed by atoms with E-state index in [4.69, 9.17) is 5.11 Å². The molecule has 0 atom stereocenters. The zero-order valence-corrected chi connectivity index (χ0v) is 11.6. The van der Waals surface area contributed by atoms with E-state index >= 15 is 0 Å². The van der Waals surface area contributed by atoms with Gasteiger partial charge in [0.2, 0.25) is 5.91 Å². The highest BCUT2D eigenvalue weighted by molar-refractivity contribution is 5.94. The number of rotatable bonds is 5. The minimum Gasteiger partial charge on any atom is -0.478 e. The van der Waals surface area contributed by atoms with Gasteiger partial charge >= 0.3 is 12.1 Å². The lowest BCUT2D eigenvalue weighted by atomic mass is 10.1. The van der Waals surface area contributed by atoms with Gasteiger partial charge in [0, 0.05) is 12.1 Å². The van der Waals surface area contributed by atoms with Crippen LogP contribution in [0, 0.1) is 5.92 Å². The number of carbonyl (C=O) groups is 2. The van der Waals surface area contributed by atoms with Gasteiger partial charge in [0.15, 0.2) is 0 Å². The average molecular weight is 303 g/mol. The predicted octanol–water partition coefficient (Wildman–Crippen LogP) is 3.78. The van der Waals surface area contributed by atoms with Crippen LogP contribution in [-0.4, -0.2) is 17.0 Å². The van der Waals surface area contributed by atoms with Gasteiger partial charge in [-0.2, -0.15) is 13.2 Å². The van der Waals surface area contributed by atoms with E-state index in [1.165, 1.54) is 0 Å². The molecule has 0 aliphatic carbocycles. The predicted molar refractivity (Wildman–Crippen MR) is 71.1 cm³/mol. The summed E-state index contributed by atoms with van der Waals surface area (Å²) in [5.74, 6) is -1.65. The van der Waals surface area contributed by atoms with Gasteiger partial charge in [-0.15, -0.1) is 0 Å². The molecule has 0 bridgehead atoms. The van der Waals surface area contributed by atoms with E-state index in [1.807, 2.05) is 13.8 Å². The first-order valence-electron chi connectivity index (χ1n) is 6.35. The largest absolute Gasteiger partial charge is 0.478 e. The molecule has 0 unspecified atom stereocenters. The second kappa shape index (κ2) is 6.60. The number of nitrogens with one attached hydrogen (secondary N) is 1. The Hall–Kier alpha value is -2.05. The van der Waals surface area contributed by atoms with Crippen molar-refractivity contribution in [2.45, 2.75) is 32.9 Å². The number of carboxylic acid groups (broad SMARTS) is 1. The molecule has 21 heavy (non-hydrogen) atoms. The summed E-state index contributed by atoms with van der Waals surface area (Å²) >= 11 is 0. The van der Waals surface area contributed by atoms with Crippen LogP contribution >= 0.6 is 0 Å². The maximum atomic E-state index is 12.7. The molecule has 0 aromatic heterocycles. The van der Waals surface area contributed by atoms with Crippen molar-refractivity contribution in [3.8, 4) is 0 Å². The number of hydrogen-bond donors (Lipinski definition) is 2. The van der Waals surface area contributed by atoms with E-state index in [0.717, 1.165) is 12.1 Å². The Morgan fingerprint density at radius 1 is 1.24 bits per heavy atom. The van der Waals surface area contributed by atoms with Crippen LogP contribution in [0.15, 0.2) is 18.2 Å². The highest BCUT2D eigenvalue weighted by Gasteiger charge is 2.32. The molecule has 2 N–H and O–H groups in total. The summed E-state index contributed by atoms with van der Waals surface area (Å²) in [6.07, 6.45) is -3.92. The summed E-state index contributed by atoms with van der Waals surface area (Å²) in [4.78, 5) is 22.5. The molecule has 0 aliphatic rings. The number of alkyl halides is 3. The van der Waals surface area contributed by atoms with Crippen LogP contribution in [0.2, 0.25) is 0 Å². The van der Waals surface area contributed by atoms with Gasteiger partial charge < -0.3 is 10.4 Å². The lowest BCUT2D eigenvalue weighted by Crippen LogP contribution is -2.14. The SMILES string of the molecule is CC(C)CCC(=O)Nc1cc(C(=O)O)cc(C(F)(F)F)c1. The Bertz CT molecular complexity index is 539. The molecule has 116 valence electrons. The molecule has 0 saturated heterocycles. The van der Waals surface area contributed by atoms with Crippen LogP contribution in [-0.2, 0) is 11.0 Å². The number of anilines is 1. The smallest absolute Gasteiger partial charge is 0.416 e. The van der Waals surface area contributed by atoms with Crippen molar-refractivity contribution in [3.63, 3.8) is 0 Å². The molecule has 1 aromatic rings. The summed E-state index contributed by atoms with van der Waals surface area (Å²) < 4.78 is 38.1. The highest BCUT2D eigenvalue weighted by Crippen LogP contribution is 2.32. The number of amides is 1. The van der Waals surface area contributed by atoms with Crippen LogP contribution in [0.1, 0.15) is 42.6 Å². The van der Waals surface area contributed by atoms with Crippen LogP contribution in [0.3, 0.4) is 0 Å². The standard InChI is InChI=1S/C14H16F3NO3/c1-8(2)3-4-12(19)18-11-6-9(13(20)21)5-10(7-11)14(15,16)17/h5-8H,3-4H2,1-2H3,(H,18,19)(H,20,21). The molecule has 0 heterocycles. The molecule has 1 aromatic carbocycles. The van der Waals surface area contributed by atoms with E-state index < -0.39 is 29.2 Å². The van der Waals surface area contributed by atoms with Gasteiger partial charge in [-0.1, -0.05) is 13.8 Å². The fraction of sp³-hybridized carbons (Fsp3) is 0.429. The molecule has 1 rings (SSSR count). The summed E-state index contributed by atoms with van der Waals surface area (Å²) in [5.41, 5.74) is -1.80. The van der Waals surface area contributed by atoms with Crippen LogP contribution in [0.25, 0.3) is 0 Å². The minimum atomic E-state index is -4.68. The second-order valence-corrected chi connectivity index (χ2v) is 5.08. The summed E-state index contributed by atoms with van der Waals surface area (Å²) in [5, 5.41) is 11.1. The molecule has 0 saturated carbocycles. The molecule has 4 nitrogen and oxygen atoms in total. The van der Waals surface area contributed by atoms with Gasteiger partial charge in [-0.3, -0.25) is 4.79 Å². The van der Waals surface area contributed by atoms with E-state index in [1.54, 1.807) is 0 Å². The average Bonchev–Trinajstić information content (AvgIpc) is 2.34. The number of benzene rings is 1. The van der Waals surface area contributed by atoms with Crippen molar-refractivity contribution >= 4 is 17.6 Å². The number of carboxylic acids is 1. The summed E-state index contributed by atoms with van der Waals surface area (Å²) in [6, 6.07) is 2.26. The molecule has 0 fully saturated rings. The monoisotopic (exact) mass is 303 g/mol. The van der Waals surface area contributed by atoms with E-state index in [2.05, 4.69) is 5.32 Å². The van der Waals surface area contributed by atoms with E-state index in [0.29, 0.717) is 12.5 Å². The van der Waals surface area contributed by atoms with Crippen molar-refractivity contribution < 1.29 is 27.9 Å². The quantitative estimate of drug-likeness (QED) is 0.870. The first kappa shape index (κ1) is 17.0. The molecule has 0 aliphatic heterocycles. The third kappa shape index (κ3) is 5.45. The highest BCUT2D eigenvalue weighted by atomic mass is 19.4. The maximum absolute atomic E-state index is 12.7. The first-order chi connectivity index (χ1) is 9.59. The van der Waals surface area contributed by atoms with Gasteiger partial charge in [0.05, 0.1) is 11.1 Å². The van der Waals surface area contributed by atoms with Gasteiger partial charge in [-0.05, 0) is 30.5 Å². The lowest BCUT2D eigenvalue weighted by Gasteiger charge is -2.12. The van der Waals surface area contributed by atoms with E-state index in [9.17, 15) is 22.8 Å². The molecule has 0 spiro atoms. The van der Waals surface area contributed by atoms with Crippen molar-refractivity contribution in [1.29, 1.82) is 0 Å². The Morgan fingerprint density at radius 2 is 1.86 bits per heavy atom. The van der Waals surface area contributed by atoms with Crippen LogP contribution < -0.4 is 5.32 Å². The third-order valence-electron chi connectivity index (χ3n) is 2.74. The Morgan fingerprint density at radius 3 is 2.33 bits per heavy atom. The zero-order valence-electron chi connectivity index (χ0n) is 11.6. The first-order valence-corrected chi connectivity index (χ1v) is 6.35. The zero-order chi connectivity index (χ0) is 16.2. The third-order valence-corrected chi connectivity index (χ3v) is 2.74. The number of halogens is 3.